The summed E-state index contributed by atoms with van der Waals surface area (Å²) in [6, 6.07) is 12.7. The summed E-state index contributed by atoms with van der Waals surface area (Å²) in [5, 5.41) is 3.25. The molecule has 31 heavy (non-hydrogen) atoms. The van der Waals surface area contributed by atoms with E-state index in [0.717, 1.165) is 18.4 Å². The van der Waals surface area contributed by atoms with E-state index in [1.54, 1.807) is 0 Å². The fraction of sp³-hybridized carbons (Fsp3) is 0.500. The number of ether oxygens (including phenoxy) is 1. The van der Waals surface area contributed by atoms with Crippen LogP contribution in [0.4, 0.5) is 4.39 Å². The first kappa shape index (κ1) is 27.0. The quantitative estimate of drug-likeness (QED) is 0.462. The van der Waals surface area contributed by atoms with Gasteiger partial charge in [0.15, 0.2) is 0 Å². The van der Waals surface area contributed by atoms with Gasteiger partial charge in [-0.1, -0.05) is 77.8 Å². The maximum absolute atomic E-state index is 13.9. The molecule has 0 radical (unpaired) electrons. The van der Waals surface area contributed by atoms with Crippen molar-refractivity contribution in [3.8, 4) is 5.75 Å². The maximum Gasteiger partial charge on any atom is 0.256 e. The number of amides is 1. The lowest BCUT2D eigenvalue weighted by Gasteiger charge is -2.35. The molecule has 1 N–H and O–H groups in total. The van der Waals surface area contributed by atoms with Gasteiger partial charge < -0.3 is 10.1 Å². The summed E-state index contributed by atoms with van der Waals surface area (Å²) in [4.78, 5) is 13.8. The van der Waals surface area contributed by atoms with E-state index in [1.165, 1.54) is 43.8 Å². The van der Waals surface area contributed by atoms with Gasteiger partial charge in [-0.2, -0.15) is 0 Å². The summed E-state index contributed by atoms with van der Waals surface area (Å²) in [6.07, 6.45) is 6.32. The maximum atomic E-state index is 13.9. The first-order valence-electron chi connectivity index (χ1n) is 11.3. The van der Waals surface area contributed by atoms with Crippen LogP contribution in [0.15, 0.2) is 47.4 Å². The Morgan fingerprint density at radius 2 is 1.68 bits per heavy atom. The second-order valence-corrected chi connectivity index (χ2v) is 8.21. The molecule has 2 aromatic carbocycles. The number of hydrogen-bond donors (Lipinski definition) is 1. The molecular formula is C26H38FNO2S. The predicted octanol–water partition coefficient (Wildman–Crippen LogP) is 7.66. The number of carbonyl (C=O) groups excluding carboxylic acids is 1. The van der Waals surface area contributed by atoms with Crippen molar-refractivity contribution in [2.75, 3.05) is 13.4 Å². The van der Waals surface area contributed by atoms with Gasteiger partial charge in [-0.05, 0) is 36.1 Å². The molecule has 0 aromatic heterocycles. The number of nitrogens with one attached hydrogen (secondary N) is 1. The Bertz CT molecular complexity index is 779. The molecule has 5 heteroatoms. The van der Waals surface area contributed by atoms with Gasteiger partial charge in [-0.3, -0.25) is 4.79 Å². The summed E-state index contributed by atoms with van der Waals surface area (Å²) >= 11 is 1.34. The first-order valence-corrected chi connectivity index (χ1v) is 12.5. The molecule has 2 aromatic rings. The fourth-order valence-electron chi connectivity index (χ4n) is 4.08. The second-order valence-electron chi connectivity index (χ2n) is 7.36. The predicted molar refractivity (Wildman–Crippen MR) is 131 cm³/mol. The lowest BCUT2D eigenvalue weighted by molar-refractivity contribution is 0.0880. The Hall–Kier alpha value is -2.01. The summed E-state index contributed by atoms with van der Waals surface area (Å²) in [5.74, 6) is -0.367. The molecule has 3 rings (SSSR count). The van der Waals surface area contributed by atoms with Crippen LogP contribution in [0.25, 0.3) is 0 Å². The second kappa shape index (κ2) is 13.4. The third kappa shape index (κ3) is 6.73. The zero-order valence-electron chi connectivity index (χ0n) is 20.0. The molecular weight excluding hydrogens is 409 g/mol. The van der Waals surface area contributed by atoms with Gasteiger partial charge >= 0.3 is 0 Å². The van der Waals surface area contributed by atoms with Crippen LogP contribution in [-0.4, -0.2) is 19.3 Å². The minimum Gasteiger partial charge on any atom is -0.496 e. The molecule has 0 spiro atoms. The standard InChI is InChI=1S/C22H26FNO2S.2C2H6/c1-22(11-7-8-12-22)20(15-9-5-4-6-10-15)24-21(25)19-17(26-2)13-16(23)14-18(19)27-3;2*1-2/h4-6,9-10,13-14,20H,7-8,11-12H2,1-3H3,(H,24,25);2*1-2H3. The largest absolute Gasteiger partial charge is 0.496 e. The van der Waals surface area contributed by atoms with Gasteiger partial charge in [0.05, 0.1) is 18.7 Å². The van der Waals surface area contributed by atoms with Crippen LogP contribution in [-0.2, 0) is 0 Å². The van der Waals surface area contributed by atoms with Crippen molar-refractivity contribution < 1.29 is 13.9 Å². The number of halogens is 1. The Kier molecular flexibility index (Phi) is 11.7. The van der Waals surface area contributed by atoms with Gasteiger partial charge in [-0.25, -0.2) is 4.39 Å². The van der Waals surface area contributed by atoms with E-state index >= 15 is 0 Å². The van der Waals surface area contributed by atoms with E-state index in [-0.39, 0.29) is 23.1 Å². The van der Waals surface area contributed by atoms with E-state index in [0.29, 0.717) is 10.5 Å². The smallest absolute Gasteiger partial charge is 0.256 e. The van der Waals surface area contributed by atoms with Crippen LogP contribution in [0.1, 0.15) is 82.3 Å². The number of methoxy groups -OCH3 is 1. The highest BCUT2D eigenvalue weighted by Crippen LogP contribution is 2.47. The molecule has 1 aliphatic carbocycles. The molecule has 0 saturated heterocycles. The highest BCUT2D eigenvalue weighted by atomic mass is 32.2. The lowest BCUT2D eigenvalue weighted by Crippen LogP contribution is -2.38. The molecule has 172 valence electrons. The first-order chi connectivity index (χ1) is 15.0. The topological polar surface area (TPSA) is 38.3 Å². The number of benzene rings is 2. The monoisotopic (exact) mass is 447 g/mol. The van der Waals surface area contributed by atoms with Crippen molar-refractivity contribution >= 4 is 17.7 Å². The van der Waals surface area contributed by atoms with E-state index < -0.39 is 5.82 Å². The van der Waals surface area contributed by atoms with Crippen LogP contribution < -0.4 is 10.1 Å². The van der Waals surface area contributed by atoms with Crippen molar-refractivity contribution in [2.24, 2.45) is 5.41 Å². The van der Waals surface area contributed by atoms with E-state index in [4.69, 9.17) is 4.74 Å². The van der Waals surface area contributed by atoms with Crippen LogP contribution >= 0.6 is 11.8 Å². The molecule has 1 unspecified atom stereocenters. The molecule has 1 saturated carbocycles. The third-order valence-electron chi connectivity index (χ3n) is 5.55. The SMILES string of the molecule is CC.CC.COc1cc(F)cc(SC)c1C(=O)NC(c1ccccc1)C1(C)CCCC1. The summed E-state index contributed by atoms with van der Waals surface area (Å²) in [5.41, 5.74) is 1.50. The zero-order chi connectivity index (χ0) is 23.4. The molecule has 0 aliphatic heterocycles. The molecule has 0 bridgehead atoms. The number of thioether (sulfide) groups is 1. The molecule has 1 atom stereocenters. The average Bonchev–Trinajstić information content (AvgIpc) is 3.27. The minimum atomic E-state index is -0.407. The van der Waals surface area contributed by atoms with Crippen LogP contribution in [0.2, 0.25) is 0 Å². The Morgan fingerprint density at radius 1 is 1.10 bits per heavy atom. The van der Waals surface area contributed by atoms with Crippen molar-refractivity contribution in [1.82, 2.24) is 5.32 Å². The lowest BCUT2D eigenvalue weighted by atomic mass is 9.77. The summed E-state index contributed by atoms with van der Waals surface area (Å²) in [7, 11) is 1.46. The van der Waals surface area contributed by atoms with E-state index in [9.17, 15) is 9.18 Å². The fourth-order valence-corrected chi connectivity index (χ4v) is 4.71. The number of hydrogen-bond acceptors (Lipinski definition) is 3. The van der Waals surface area contributed by atoms with Gasteiger partial charge in [-0.15, -0.1) is 11.8 Å². The summed E-state index contributed by atoms with van der Waals surface area (Å²) < 4.78 is 19.2. The highest BCUT2D eigenvalue weighted by molar-refractivity contribution is 7.98. The van der Waals surface area contributed by atoms with Crippen molar-refractivity contribution in [1.29, 1.82) is 0 Å². The van der Waals surface area contributed by atoms with Gasteiger partial charge in [0, 0.05) is 11.0 Å². The average molecular weight is 448 g/mol. The van der Waals surface area contributed by atoms with Crippen LogP contribution in [0.3, 0.4) is 0 Å². The van der Waals surface area contributed by atoms with Crippen molar-refractivity contribution in [3.05, 3.63) is 59.4 Å². The van der Waals surface area contributed by atoms with Crippen molar-refractivity contribution in [3.63, 3.8) is 0 Å². The Balaban J connectivity index is 0.00000113. The van der Waals surface area contributed by atoms with Crippen LogP contribution in [0, 0.1) is 11.2 Å². The Morgan fingerprint density at radius 3 is 2.19 bits per heavy atom. The van der Waals surface area contributed by atoms with Crippen molar-refractivity contribution in [2.45, 2.75) is 71.2 Å². The molecule has 1 fully saturated rings. The third-order valence-corrected chi connectivity index (χ3v) is 6.31. The van der Waals surface area contributed by atoms with Crippen LogP contribution in [0.5, 0.6) is 5.75 Å². The number of carbonyl (C=O) groups is 1. The van der Waals surface area contributed by atoms with Gasteiger partial charge in [0.1, 0.15) is 11.6 Å². The molecule has 1 amide bonds. The molecule has 3 nitrogen and oxygen atoms in total. The van der Waals surface area contributed by atoms with E-state index in [1.807, 2.05) is 52.1 Å². The highest BCUT2D eigenvalue weighted by Gasteiger charge is 2.39. The zero-order valence-corrected chi connectivity index (χ0v) is 20.9. The normalized spacial score (nSPS) is 15.0. The van der Waals surface area contributed by atoms with E-state index in [2.05, 4.69) is 24.4 Å². The number of rotatable bonds is 6. The summed E-state index contributed by atoms with van der Waals surface area (Å²) in [6.45, 7) is 10.2. The van der Waals surface area contributed by atoms with Gasteiger partial charge in [0.25, 0.3) is 5.91 Å². The Labute approximate surface area is 192 Å². The molecule has 0 heterocycles. The minimum absolute atomic E-state index is 0.00377. The molecule has 1 aliphatic rings. The van der Waals surface area contributed by atoms with Gasteiger partial charge in [0.2, 0.25) is 0 Å².